The maximum absolute atomic E-state index is 4.41. The fraction of sp³-hybridized carbons (Fsp3) is 0.545. The summed E-state index contributed by atoms with van der Waals surface area (Å²) in [5.74, 6) is 0.939. The van der Waals surface area contributed by atoms with Gasteiger partial charge >= 0.3 is 0 Å². The SMILES string of the molecule is CC=C(C)NC(C)=NC(C)=C(C)C. The molecule has 0 heterocycles. The summed E-state index contributed by atoms with van der Waals surface area (Å²) in [5, 5.41) is 3.19. The van der Waals surface area contributed by atoms with Crippen molar-refractivity contribution in [2.24, 2.45) is 4.99 Å². The average molecular weight is 180 g/mol. The molecule has 0 radical (unpaired) electrons. The molecular formula is C11H20N2. The highest BCUT2D eigenvalue weighted by Crippen LogP contribution is 2.03. The Bertz CT molecular complexity index is 253. The number of allylic oxidation sites excluding steroid dienone is 4. The predicted octanol–water partition coefficient (Wildman–Crippen LogP) is 3.23. The lowest BCUT2D eigenvalue weighted by Crippen LogP contribution is -2.17. The van der Waals surface area contributed by atoms with E-state index in [-0.39, 0.29) is 0 Å². The van der Waals surface area contributed by atoms with Crippen LogP contribution in [0.1, 0.15) is 41.5 Å². The van der Waals surface area contributed by atoms with Gasteiger partial charge in [0, 0.05) is 11.4 Å². The van der Waals surface area contributed by atoms with Crippen molar-refractivity contribution < 1.29 is 0 Å². The standard InChI is InChI=1S/C11H20N2/c1-7-9(4)12-11(6)13-10(5)8(2)3/h7H,1-6H3,(H,12,13). The summed E-state index contributed by atoms with van der Waals surface area (Å²) >= 11 is 0. The normalized spacial score (nSPS) is 12.8. The van der Waals surface area contributed by atoms with Crippen molar-refractivity contribution in [1.29, 1.82) is 0 Å². The van der Waals surface area contributed by atoms with E-state index < -0.39 is 0 Å². The number of amidine groups is 1. The number of hydrogen-bond acceptors (Lipinski definition) is 1. The molecule has 0 bridgehead atoms. The van der Waals surface area contributed by atoms with Crippen LogP contribution in [-0.2, 0) is 0 Å². The van der Waals surface area contributed by atoms with Gasteiger partial charge in [0.1, 0.15) is 5.84 Å². The Morgan fingerprint density at radius 3 is 2.00 bits per heavy atom. The van der Waals surface area contributed by atoms with E-state index in [4.69, 9.17) is 0 Å². The second kappa shape index (κ2) is 5.57. The monoisotopic (exact) mass is 180 g/mol. The van der Waals surface area contributed by atoms with E-state index in [1.165, 1.54) is 5.57 Å². The molecule has 0 atom stereocenters. The fourth-order valence-electron chi connectivity index (χ4n) is 0.749. The molecule has 2 heteroatoms. The lowest BCUT2D eigenvalue weighted by Gasteiger charge is -2.05. The number of nitrogens with one attached hydrogen (secondary N) is 1. The largest absolute Gasteiger partial charge is 0.348 e. The molecule has 0 fully saturated rings. The van der Waals surface area contributed by atoms with Crippen molar-refractivity contribution in [3.8, 4) is 0 Å². The van der Waals surface area contributed by atoms with Crippen LogP contribution in [0.15, 0.2) is 28.0 Å². The molecule has 0 aromatic carbocycles. The van der Waals surface area contributed by atoms with Gasteiger partial charge < -0.3 is 5.32 Å². The topological polar surface area (TPSA) is 24.4 Å². The van der Waals surface area contributed by atoms with E-state index in [1.54, 1.807) is 0 Å². The molecule has 0 unspecified atom stereocenters. The van der Waals surface area contributed by atoms with Gasteiger partial charge in [-0.25, -0.2) is 4.99 Å². The first-order chi connectivity index (χ1) is 5.97. The van der Waals surface area contributed by atoms with Gasteiger partial charge in [0.05, 0.1) is 0 Å². The van der Waals surface area contributed by atoms with Crippen LogP contribution in [0.3, 0.4) is 0 Å². The van der Waals surface area contributed by atoms with E-state index in [0.717, 1.165) is 17.2 Å². The predicted molar refractivity (Wildman–Crippen MR) is 59.7 cm³/mol. The van der Waals surface area contributed by atoms with E-state index in [0.29, 0.717) is 0 Å². The van der Waals surface area contributed by atoms with Gasteiger partial charge in [0.2, 0.25) is 0 Å². The van der Waals surface area contributed by atoms with Gasteiger partial charge in [-0.1, -0.05) is 11.6 Å². The Morgan fingerprint density at radius 2 is 1.62 bits per heavy atom. The third-order valence-electron chi connectivity index (χ3n) is 1.87. The van der Waals surface area contributed by atoms with E-state index in [9.17, 15) is 0 Å². The van der Waals surface area contributed by atoms with E-state index in [1.807, 2.05) is 33.8 Å². The van der Waals surface area contributed by atoms with Crippen LogP contribution in [0, 0.1) is 0 Å². The zero-order valence-electron chi connectivity index (χ0n) is 9.52. The van der Waals surface area contributed by atoms with Gasteiger partial charge in [-0.15, -0.1) is 0 Å². The highest BCUT2D eigenvalue weighted by Gasteiger charge is 1.92. The highest BCUT2D eigenvalue weighted by molar-refractivity contribution is 5.82. The molecule has 0 amide bonds. The fourth-order valence-corrected chi connectivity index (χ4v) is 0.749. The summed E-state index contributed by atoms with van der Waals surface area (Å²) in [6.45, 7) is 12.1. The van der Waals surface area contributed by atoms with Crippen molar-refractivity contribution in [2.45, 2.75) is 41.5 Å². The quantitative estimate of drug-likeness (QED) is 0.512. The van der Waals surface area contributed by atoms with Crippen molar-refractivity contribution >= 4 is 5.84 Å². The van der Waals surface area contributed by atoms with Crippen LogP contribution in [0.25, 0.3) is 0 Å². The van der Waals surface area contributed by atoms with Crippen LogP contribution in [-0.4, -0.2) is 5.84 Å². The van der Waals surface area contributed by atoms with Crippen LogP contribution < -0.4 is 5.32 Å². The van der Waals surface area contributed by atoms with E-state index >= 15 is 0 Å². The lowest BCUT2D eigenvalue weighted by molar-refractivity contribution is 1.07. The molecule has 74 valence electrons. The third kappa shape index (κ3) is 5.23. The first-order valence-corrected chi connectivity index (χ1v) is 4.56. The van der Waals surface area contributed by atoms with Gasteiger partial charge in [0.15, 0.2) is 0 Å². The summed E-state index contributed by atoms with van der Waals surface area (Å²) in [6, 6.07) is 0. The molecule has 2 nitrogen and oxygen atoms in total. The molecule has 0 aromatic rings. The van der Waals surface area contributed by atoms with E-state index in [2.05, 4.69) is 24.2 Å². The highest BCUT2D eigenvalue weighted by atomic mass is 15.0. The minimum Gasteiger partial charge on any atom is -0.348 e. The molecule has 0 spiro atoms. The smallest absolute Gasteiger partial charge is 0.103 e. The van der Waals surface area contributed by atoms with Crippen molar-refractivity contribution in [1.82, 2.24) is 5.32 Å². The molecule has 0 aliphatic rings. The zero-order valence-corrected chi connectivity index (χ0v) is 9.52. The maximum atomic E-state index is 4.41. The Balaban J connectivity index is 4.44. The first kappa shape index (κ1) is 11.9. The molecule has 13 heavy (non-hydrogen) atoms. The Labute approximate surface area is 81.5 Å². The molecule has 0 saturated carbocycles. The van der Waals surface area contributed by atoms with Gasteiger partial charge in [0.25, 0.3) is 0 Å². The van der Waals surface area contributed by atoms with Crippen LogP contribution >= 0.6 is 0 Å². The summed E-state index contributed by atoms with van der Waals surface area (Å²) in [5.41, 5.74) is 3.45. The van der Waals surface area contributed by atoms with Gasteiger partial charge in [-0.05, 0) is 41.5 Å². The van der Waals surface area contributed by atoms with Crippen LogP contribution in [0.2, 0.25) is 0 Å². The maximum Gasteiger partial charge on any atom is 0.103 e. The number of rotatable bonds is 2. The van der Waals surface area contributed by atoms with Crippen LogP contribution in [0.5, 0.6) is 0 Å². The van der Waals surface area contributed by atoms with Crippen LogP contribution in [0.4, 0.5) is 0 Å². The third-order valence-corrected chi connectivity index (χ3v) is 1.87. The molecule has 0 aromatic heterocycles. The molecule has 1 N–H and O–H groups in total. The summed E-state index contributed by atoms with van der Waals surface area (Å²) in [6.07, 6.45) is 2.02. The summed E-state index contributed by atoms with van der Waals surface area (Å²) < 4.78 is 0. The number of hydrogen-bond donors (Lipinski definition) is 1. The Morgan fingerprint density at radius 1 is 1.08 bits per heavy atom. The summed E-state index contributed by atoms with van der Waals surface area (Å²) in [7, 11) is 0. The average Bonchev–Trinajstić information content (AvgIpc) is 2.03. The first-order valence-electron chi connectivity index (χ1n) is 4.56. The molecule has 0 aliphatic heterocycles. The molecular weight excluding hydrogens is 160 g/mol. The second-order valence-corrected chi connectivity index (χ2v) is 3.38. The molecule has 0 saturated heterocycles. The number of aliphatic imine (C=N–C) groups is 1. The Hall–Kier alpha value is -1.05. The zero-order chi connectivity index (χ0) is 10.4. The van der Waals surface area contributed by atoms with Gasteiger partial charge in [-0.2, -0.15) is 0 Å². The molecule has 0 aliphatic carbocycles. The second-order valence-electron chi connectivity index (χ2n) is 3.38. The lowest BCUT2D eigenvalue weighted by atomic mass is 10.3. The Kier molecular flexibility index (Phi) is 5.12. The van der Waals surface area contributed by atoms with Crippen molar-refractivity contribution in [3.63, 3.8) is 0 Å². The van der Waals surface area contributed by atoms with Crippen molar-refractivity contribution in [3.05, 3.63) is 23.0 Å². The molecule has 0 rings (SSSR count). The number of nitrogens with zero attached hydrogens (tertiary/aromatic N) is 1. The van der Waals surface area contributed by atoms with Gasteiger partial charge in [-0.3, -0.25) is 0 Å². The minimum absolute atomic E-state index is 0.939. The minimum atomic E-state index is 0.939. The van der Waals surface area contributed by atoms with Crippen molar-refractivity contribution in [2.75, 3.05) is 0 Å². The summed E-state index contributed by atoms with van der Waals surface area (Å²) in [4.78, 5) is 4.41.